The summed E-state index contributed by atoms with van der Waals surface area (Å²) < 4.78 is 11.9. The van der Waals surface area contributed by atoms with E-state index in [-0.39, 0.29) is 59.8 Å². The largest absolute Gasteiger partial charge is 0.379 e. The molecule has 0 radical (unpaired) electrons. The van der Waals surface area contributed by atoms with Crippen LogP contribution in [0.25, 0.3) is 0 Å². The number of methoxy groups -OCH3 is 2. The molecule has 300 valence electrons. The number of nitrogens with zero attached hydrogens (tertiary/aromatic N) is 4. The van der Waals surface area contributed by atoms with Crippen molar-refractivity contribution in [2.45, 2.75) is 136 Å². The molecule has 0 aromatic carbocycles. The van der Waals surface area contributed by atoms with E-state index >= 15 is 0 Å². The summed E-state index contributed by atoms with van der Waals surface area (Å²) in [7, 11) is 8.53. The molecule has 7 unspecified atom stereocenters. The van der Waals surface area contributed by atoms with Crippen molar-refractivity contribution >= 4 is 29.5 Å². The number of hydrogen-bond donors (Lipinski definition) is 2. The highest BCUT2D eigenvalue weighted by Gasteiger charge is 2.43. The van der Waals surface area contributed by atoms with E-state index in [9.17, 15) is 24.0 Å². The second kappa shape index (κ2) is 21.2. The monoisotopic (exact) mass is 739 g/mol. The summed E-state index contributed by atoms with van der Waals surface area (Å²) in [4.78, 5) is 78.8. The van der Waals surface area contributed by atoms with Gasteiger partial charge in [-0.05, 0) is 64.5 Å². The van der Waals surface area contributed by atoms with E-state index in [0.717, 1.165) is 25.7 Å². The fourth-order valence-electron chi connectivity index (χ4n) is 7.80. The summed E-state index contributed by atoms with van der Waals surface area (Å²) >= 11 is 0. The van der Waals surface area contributed by atoms with E-state index in [4.69, 9.17) is 14.3 Å². The fraction of sp³-hybridized carbons (Fsp3) is 0.868. The summed E-state index contributed by atoms with van der Waals surface area (Å²) in [5.74, 6) is -2.03. The minimum absolute atomic E-state index is 0.0206. The number of hydrogen-bond acceptors (Lipinski definition) is 9. The van der Waals surface area contributed by atoms with Gasteiger partial charge in [-0.3, -0.25) is 33.7 Å². The number of amides is 5. The molecule has 52 heavy (non-hydrogen) atoms. The van der Waals surface area contributed by atoms with Gasteiger partial charge in [0.15, 0.2) is 0 Å². The second-order valence-electron chi connectivity index (χ2n) is 15.7. The van der Waals surface area contributed by atoms with Gasteiger partial charge < -0.3 is 29.9 Å². The quantitative estimate of drug-likeness (QED) is 0.204. The molecular weight excluding hydrogens is 668 g/mol. The number of carbonyl (C=O) groups excluding carboxylic acids is 5. The van der Waals surface area contributed by atoms with Gasteiger partial charge in [-0.1, -0.05) is 54.9 Å². The lowest BCUT2D eigenvalue weighted by molar-refractivity contribution is -0.199. The molecule has 0 saturated carbocycles. The third-order valence-corrected chi connectivity index (χ3v) is 10.9. The van der Waals surface area contributed by atoms with Crippen molar-refractivity contribution in [1.29, 1.82) is 0 Å². The maximum absolute atomic E-state index is 14.2. The van der Waals surface area contributed by atoms with Crippen LogP contribution in [0.1, 0.15) is 93.9 Å². The molecule has 0 aromatic rings. The lowest BCUT2D eigenvalue weighted by Gasteiger charge is -2.41. The third-order valence-electron chi connectivity index (χ3n) is 10.9. The van der Waals surface area contributed by atoms with Crippen LogP contribution in [0.5, 0.6) is 0 Å². The van der Waals surface area contributed by atoms with Crippen molar-refractivity contribution in [3.63, 3.8) is 0 Å². The van der Waals surface area contributed by atoms with Crippen LogP contribution in [-0.4, -0.2) is 147 Å². The predicted octanol–water partition coefficient (Wildman–Crippen LogP) is 2.69. The van der Waals surface area contributed by atoms with Crippen LogP contribution in [-0.2, 0) is 38.3 Å². The Bertz CT molecular complexity index is 1170. The van der Waals surface area contributed by atoms with Crippen LogP contribution in [0.2, 0.25) is 0 Å². The van der Waals surface area contributed by atoms with E-state index in [2.05, 4.69) is 10.6 Å². The first-order valence-corrected chi connectivity index (χ1v) is 19.3. The Labute approximate surface area is 312 Å². The van der Waals surface area contributed by atoms with Gasteiger partial charge in [0.25, 0.3) is 5.91 Å². The molecule has 2 aliphatic rings. The number of ether oxygens (including phenoxy) is 2. The van der Waals surface area contributed by atoms with Crippen LogP contribution in [0, 0.1) is 23.7 Å². The number of nitrogens with one attached hydrogen (secondary N) is 2. The Morgan fingerprint density at radius 2 is 1.50 bits per heavy atom. The van der Waals surface area contributed by atoms with Crippen molar-refractivity contribution < 1.29 is 38.3 Å². The van der Waals surface area contributed by atoms with E-state index in [1.807, 2.05) is 60.5 Å². The summed E-state index contributed by atoms with van der Waals surface area (Å²) in [6, 6.07) is -2.75. The van der Waals surface area contributed by atoms with Crippen LogP contribution in [0.15, 0.2) is 0 Å². The molecule has 0 aliphatic carbocycles. The van der Waals surface area contributed by atoms with E-state index in [1.165, 1.54) is 12.2 Å². The third kappa shape index (κ3) is 11.6. The summed E-state index contributed by atoms with van der Waals surface area (Å²) in [6.07, 6.45) is 2.66. The number of hydroxylamine groups is 2. The molecule has 2 fully saturated rings. The van der Waals surface area contributed by atoms with Gasteiger partial charge in [-0.15, -0.1) is 0 Å². The lowest BCUT2D eigenvalue weighted by Crippen LogP contribution is -2.59. The first-order chi connectivity index (χ1) is 24.4. The zero-order valence-corrected chi connectivity index (χ0v) is 34.3. The van der Waals surface area contributed by atoms with E-state index in [1.54, 1.807) is 37.8 Å². The van der Waals surface area contributed by atoms with Crippen LogP contribution in [0.4, 0.5) is 0 Å². The van der Waals surface area contributed by atoms with Crippen molar-refractivity contribution in [1.82, 2.24) is 30.4 Å². The van der Waals surface area contributed by atoms with Crippen LogP contribution < -0.4 is 10.6 Å². The average Bonchev–Trinajstić information content (AvgIpc) is 3.59. The van der Waals surface area contributed by atoms with Crippen molar-refractivity contribution in [3.8, 4) is 0 Å². The molecule has 2 saturated heterocycles. The van der Waals surface area contributed by atoms with Crippen molar-refractivity contribution in [2.75, 3.05) is 55.1 Å². The number of likely N-dealkylation sites (tertiary alicyclic amines) is 1. The highest BCUT2D eigenvalue weighted by Crippen LogP contribution is 2.30. The predicted molar refractivity (Wildman–Crippen MR) is 200 cm³/mol. The van der Waals surface area contributed by atoms with Gasteiger partial charge in [0, 0.05) is 34.4 Å². The second-order valence-corrected chi connectivity index (χ2v) is 15.7. The maximum Gasteiger partial charge on any atom is 0.268 e. The molecule has 2 rings (SSSR count). The topological polar surface area (TPSA) is 150 Å². The molecule has 9 atom stereocenters. The molecule has 0 spiro atoms. The van der Waals surface area contributed by atoms with Gasteiger partial charge in [0.05, 0.1) is 49.3 Å². The maximum atomic E-state index is 14.2. The fourth-order valence-corrected chi connectivity index (χ4v) is 7.80. The van der Waals surface area contributed by atoms with Gasteiger partial charge >= 0.3 is 0 Å². The molecule has 2 heterocycles. The molecule has 14 nitrogen and oxygen atoms in total. The molecule has 2 N–H and O–H groups in total. The molecule has 0 aromatic heterocycles. The van der Waals surface area contributed by atoms with Crippen LogP contribution >= 0.6 is 0 Å². The minimum Gasteiger partial charge on any atom is -0.379 e. The summed E-state index contributed by atoms with van der Waals surface area (Å²) in [5.41, 5.74) is 0. The summed E-state index contributed by atoms with van der Waals surface area (Å²) in [5, 5.41) is 7.17. The molecule has 14 heteroatoms. The first-order valence-electron chi connectivity index (χ1n) is 19.3. The van der Waals surface area contributed by atoms with E-state index < -0.39 is 42.3 Å². The Kier molecular flexibility index (Phi) is 18.5. The number of carbonyl (C=O) groups is 5. The Morgan fingerprint density at radius 1 is 0.846 bits per heavy atom. The SMILES string of the molecule is CCC(C)C(C(CC(=O)N1CCCC1C(OC)C(C)C(=O)N[C@@H](C)C(=O)N1CCCCO1)OC)N(C)C(=O)[C@@H](NC(=O)C(C(C)C)N(C)C)C(C)C. The van der Waals surface area contributed by atoms with Gasteiger partial charge in [0.1, 0.15) is 12.1 Å². The normalized spacial score (nSPS) is 21.3. The minimum atomic E-state index is -0.778. The Balaban J connectivity index is 2.23. The van der Waals surface area contributed by atoms with E-state index in [0.29, 0.717) is 26.1 Å². The highest BCUT2D eigenvalue weighted by atomic mass is 16.7. The molecule has 0 bridgehead atoms. The van der Waals surface area contributed by atoms with Gasteiger partial charge in [-0.25, -0.2) is 5.06 Å². The number of likely N-dealkylation sites (N-methyl/N-ethyl adjacent to an activating group) is 2. The standard InChI is InChI=1S/C38H70N6O8/c1-14-25(6)33(42(11)38(49)31(23(2)3)40-36(47)32(24(4)5)41(9)10)29(50-12)22-30(45)43-19-17-18-28(43)34(51-13)26(7)35(46)39-27(8)37(48)44-20-15-16-21-52-44/h23-29,31-34H,14-22H2,1-13H3,(H,39,46)(H,40,47)/t25?,26?,27-,28?,29?,31-,32?,33?,34?/m0/s1. The first kappa shape index (κ1) is 45.3. The molecular formula is C38H70N6O8. The Morgan fingerprint density at radius 3 is 2.00 bits per heavy atom. The zero-order chi connectivity index (χ0) is 39.4. The highest BCUT2D eigenvalue weighted by molar-refractivity contribution is 5.90. The number of rotatable bonds is 19. The summed E-state index contributed by atoms with van der Waals surface area (Å²) in [6.45, 7) is 16.7. The van der Waals surface area contributed by atoms with Gasteiger partial charge in [-0.2, -0.15) is 0 Å². The van der Waals surface area contributed by atoms with Gasteiger partial charge in [0.2, 0.25) is 23.6 Å². The lowest BCUT2D eigenvalue weighted by atomic mass is 9.89. The van der Waals surface area contributed by atoms with Crippen molar-refractivity contribution in [3.05, 3.63) is 0 Å². The van der Waals surface area contributed by atoms with Crippen LogP contribution in [0.3, 0.4) is 0 Å². The Hall–Kier alpha value is -2.81. The average molecular weight is 739 g/mol. The smallest absolute Gasteiger partial charge is 0.268 e. The van der Waals surface area contributed by atoms with Crippen molar-refractivity contribution in [2.24, 2.45) is 23.7 Å². The molecule has 2 aliphatic heterocycles. The molecule has 5 amide bonds. The zero-order valence-electron chi connectivity index (χ0n) is 34.3.